The van der Waals surface area contributed by atoms with Crippen molar-refractivity contribution < 1.29 is 22.3 Å². The molecule has 0 amide bonds. The Morgan fingerprint density at radius 1 is 1.27 bits per heavy atom. The van der Waals surface area contributed by atoms with Crippen molar-refractivity contribution in [3.63, 3.8) is 0 Å². The molecule has 0 saturated carbocycles. The smallest absolute Gasteiger partial charge is 0.375 e. The molecule has 4 rings (SSSR count). The van der Waals surface area contributed by atoms with Crippen molar-refractivity contribution >= 4 is 5.69 Å². The van der Waals surface area contributed by atoms with Gasteiger partial charge in [0.15, 0.2) is 5.82 Å². The summed E-state index contributed by atoms with van der Waals surface area (Å²) in [6.07, 6.45) is -0.165. The van der Waals surface area contributed by atoms with Crippen LogP contribution in [-0.2, 0) is 23.9 Å². The van der Waals surface area contributed by atoms with Crippen LogP contribution in [0.15, 0.2) is 47.7 Å². The number of pyridine rings is 1. The SMILES string of the molecule is CCn1cc(Cc2cccn(-c3cc(N4CCO[C@H](C)C4)cc(C(F)(F)F)c3F)c2=O)cn1. The monoisotopic (exact) mass is 464 g/mol. The molecule has 176 valence electrons. The maximum absolute atomic E-state index is 15.1. The second-order valence-electron chi connectivity index (χ2n) is 8.04. The van der Waals surface area contributed by atoms with Crippen LogP contribution in [0.2, 0.25) is 0 Å². The summed E-state index contributed by atoms with van der Waals surface area (Å²) in [7, 11) is 0. The van der Waals surface area contributed by atoms with Crippen LogP contribution in [0.3, 0.4) is 0 Å². The molecule has 0 bridgehead atoms. The highest BCUT2D eigenvalue weighted by Crippen LogP contribution is 2.37. The molecule has 0 spiro atoms. The zero-order valence-electron chi connectivity index (χ0n) is 18.3. The van der Waals surface area contributed by atoms with Gasteiger partial charge in [0.1, 0.15) is 0 Å². The summed E-state index contributed by atoms with van der Waals surface area (Å²) in [5, 5.41) is 4.17. The minimum absolute atomic E-state index is 0.184. The lowest BCUT2D eigenvalue weighted by molar-refractivity contribution is -0.139. The summed E-state index contributed by atoms with van der Waals surface area (Å²) in [5.74, 6) is -1.48. The van der Waals surface area contributed by atoms with Crippen LogP contribution >= 0.6 is 0 Å². The van der Waals surface area contributed by atoms with Gasteiger partial charge in [-0.2, -0.15) is 18.3 Å². The van der Waals surface area contributed by atoms with Gasteiger partial charge < -0.3 is 9.64 Å². The highest BCUT2D eigenvalue weighted by atomic mass is 19.4. The van der Waals surface area contributed by atoms with Gasteiger partial charge in [-0.3, -0.25) is 14.0 Å². The molecule has 1 fully saturated rings. The molecule has 1 aromatic carbocycles. The Hall–Kier alpha value is -3.14. The van der Waals surface area contributed by atoms with E-state index in [0.29, 0.717) is 31.8 Å². The Labute approximate surface area is 188 Å². The van der Waals surface area contributed by atoms with Gasteiger partial charge in [0, 0.05) is 49.7 Å². The summed E-state index contributed by atoms with van der Waals surface area (Å²) in [6, 6.07) is 5.20. The van der Waals surface area contributed by atoms with Gasteiger partial charge in [-0.25, -0.2) is 4.39 Å². The molecule has 1 saturated heterocycles. The number of aryl methyl sites for hydroxylation is 1. The van der Waals surface area contributed by atoms with Crippen molar-refractivity contribution in [1.29, 1.82) is 0 Å². The Balaban J connectivity index is 1.80. The molecule has 2 aromatic heterocycles. The normalized spacial score (nSPS) is 16.9. The van der Waals surface area contributed by atoms with E-state index in [4.69, 9.17) is 4.74 Å². The first-order valence-corrected chi connectivity index (χ1v) is 10.7. The number of anilines is 1. The number of nitrogens with zero attached hydrogens (tertiary/aromatic N) is 4. The number of aromatic nitrogens is 3. The Morgan fingerprint density at radius 3 is 2.73 bits per heavy atom. The quantitative estimate of drug-likeness (QED) is 0.535. The third-order valence-corrected chi connectivity index (χ3v) is 5.64. The second kappa shape index (κ2) is 9.01. The van der Waals surface area contributed by atoms with Crippen LogP contribution in [0.4, 0.5) is 23.2 Å². The molecule has 6 nitrogen and oxygen atoms in total. The molecule has 0 radical (unpaired) electrons. The van der Waals surface area contributed by atoms with Crippen LogP contribution in [0.5, 0.6) is 0 Å². The summed E-state index contributed by atoms with van der Waals surface area (Å²) < 4.78 is 64.3. The number of hydrogen-bond acceptors (Lipinski definition) is 4. The molecule has 33 heavy (non-hydrogen) atoms. The fourth-order valence-electron chi connectivity index (χ4n) is 3.97. The molecule has 0 N–H and O–H groups in total. The second-order valence-corrected chi connectivity index (χ2v) is 8.04. The van der Waals surface area contributed by atoms with E-state index in [9.17, 15) is 18.0 Å². The van der Waals surface area contributed by atoms with E-state index in [1.165, 1.54) is 18.3 Å². The van der Waals surface area contributed by atoms with Gasteiger partial charge in [-0.1, -0.05) is 6.07 Å². The van der Waals surface area contributed by atoms with E-state index in [1.807, 2.05) is 13.8 Å². The zero-order chi connectivity index (χ0) is 23.8. The lowest BCUT2D eigenvalue weighted by Gasteiger charge is -2.33. The summed E-state index contributed by atoms with van der Waals surface area (Å²) in [4.78, 5) is 14.9. The van der Waals surface area contributed by atoms with Crippen LogP contribution in [0, 0.1) is 5.82 Å². The molecule has 3 heterocycles. The van der Waals surface area contributed by atoms with E-state index >= 15 is 4.39 Å². The van der Waals surface area contributed by atoms with Crippen molar-refractivity contribution in [3.8, 4) is 5.69 Å². The largest absolute Gasteiger partial charge is 0.419 e. The van der Waals surface area contributed by atoms with Crippen molar-refractivity contribution in [2.24, 2.45) is 0 Å². The van der Waals surface area contributed by atoms with Gasteiger partial charge in [-0.05, 0) is 37.6 Å². The van der Waals surface area contributed by atoms with E-state index in [-0.39, 0.29) is 18.2 Å². The Bertz CT molecular complexity index is 1200. The first kappa shape index (κ1) is 23.0. The van der Waals surface area contributed by atoms with E-state index < -0.39 is 28.8 Å². The van der Waals surface area contributed by atoms with Crippen LogP contribution < -0.4 is 10.5 Å². The molecule has 3 aromatic rings. The van der Waals surface area contributed by atoms with E-state index in [1.54, 1.807) is 28.0 Å². The average Bonchev–Trinajstić information content (AvgIpc) is 3.22. The molecule has 0 unspecified atom stereocenters. The summed E-state index contributed by atoms with van der Waals surface area (Å²) in [6.45, 7) is 5.47. The molecule has 10 heteroatoms. The number of hydrogen-bond donors (Lipinski definition) is 0. The number of halogens is 4. The van der Waals surface area contributed by atoms with Gasteiger partial charge in [0.05, 0.1) is 30.2 Å². The Kier molecular flexibility index (Phi) is 6.29. The molecule has 1 atom stereocenters. The third-order valence-electron chi connectivity index (χ3n) is 5.64. The van der Waals surface area contributed by atoms with Gasteiger partial charge in [0.2, 0.25) is 0 Å². The molecular formula is C23H24F4N4O2. The first-order valence-electron chi connectivity index (χ1n) is 10.7. The topological polar surface area (TPSA) is 52.3 Å². The number of alkyl halides is 3. The number of ether oxygens (including phenoxy) is 1. The fraction of sp³-hybridized carbons (Fsp3) is 0.391. The molecule has 1 aliphatic heterocycles. The minimum Gasteiger partial charge on any atom is -0.375 e. The predicted octanol–water partition coefficient (Wildman–Crippen LogP) is 4.03. The van der Waals surface area contributed by atoms with Crippen molar-refractivity contribution in [1.82, 2.24) is 14.3 Å². The number of morpholine rings is 1. The minimum atomic E-state index is -4.91. The standard InChI is InChI=1S/C23H24F4N4O2/c1-3-30-14-16(12-28-30)9-17-5-4-6-31(22(17)32)20-11-18(29-7-8-33-15(2)13-29)10-19(21(20)24)23(25,26)27/h4-6,10-12,14-15H,3,7-9,13H2,1-2H3/t15-/m1/s1. The van der Waals surface area contributed by atoms with Crippen molar-refractivity contribution in [2.45, 2.75) is 39.1 Å². The van der Waals surface area contributed by atoms with Gasteiger partial charge >= 0.3 is 6.18 Å². The lowest BCUT2D eigenvalue weighted by atomic mass is 10.1. The van der Waals surface area contributed by atoms with Gasteiger partial charge in [-0.15, -0.1) is 0 Å². The maximum Gasteiger partial charge on any atom is 0.419 e. The molecular weight excluding hydrogens is 440 g/mol. The van der Waals surface area contributed by atoms with E-state index in [0.717, 1.165) is 16.2 Å². The van der Waals surface area contributed by atoms with Crippen molar-refractivity contribution in [2.75, 3.05) is 24.6 Å². The van der Waals surface area contributed by atoms with E-state index in [2.05, 4.69) is 5.10 Å². The molecule has 1 aliphatic rings. The van der Waals surface area contributed by atoms with Crippen molar-refractivity contribution in [3.05, 3.63) is 75.7 Å². The number of rotatable bonds is 5. The first-order chi connectivity index (χ1) is 15.7. The Morgan fingerprint density at radius 2 is 2.06 bits per heavy atom. The summed E-state index contributed by atoms with van der Waals surface area (Å²) in [5.41, 5.74) is -1.13. The predicted molar refractivity (Wildman–Crippen MR) is 115 cm³/mol. The molecule has 0 aliphatic carbocycles. The van der Waals surface area contributed by atoms with Crippen LogP contribution in [-0.4, -0.2) is 40.1 Å². The maximum atomic E-state index is 15.1. The zero-order valence-corrected chi connectivity index (χ0v) is 18.3. The average molecular weight is 464 g/mol. The van der Waals surface area contributed by atoms with Gasteiger partial charge in [0.25, 0.3) is 5.56 Å². The number of benzene rings is 1. The summed E-state index contributed by atoms with van der Waals surface area (Å²) >= 11 is 0. The highest BCUT2D eigenvalue weighted by molar-refractivity contribution is 5.58. The fourth-order valence-corrected chi connectivity index (χ4v) is 3.97. The van der Waals surface area contributed by atoms with Crippen LogP contribution in [0.25, 0.3) is 5.69 Å². The van der Waals surface area contributed by atoms with Crippen LogP contribution in [0.1, 0.15) is 30.5 Å². The third kappa shape index (κ3) is 4.80. The highest BCUT2D eigenvalue weighted by Gasteiger charge is 2.37. The lowest BCUT2D eigenvalue weighted by Crippen LogP contribution is -2.41.